The molecule has 5 heteroatoms. The van der Waals surface area contributed by atoms with Crippen molar-refractivity contribution in [1.82, 2.24) is 0 Å². The minimum absolute atomic E-state index is 0.118. The van der Waals surface area contributed by atoms with Gasteiger partial charge in [-0.1, -0.05) is 0 Å². The first-order valence-corrected chi connectivity index (χ1v) is 11.0. The van der Waals surface area contributed by atoms with Gasteiger partial charge in [-0.3, -0.25) is 0 Å². The lowest BCUT2D eigenvalue weighted by atomic mass is 30.0. The molecule has 0 aliphatic carbocycles. The second-order valence-electron chi connectivity index (χ2n) is 0.785. The molecule has 0 bridgehead atoms. The molecule has 2 heterocycles. The van der Waals surface area contributed by atoms with E-state index < -0.39 is 0 Å². The SMILES string of the molecule is IS12SP1S2. The van der Waals surface area contributed by atoms with Gasteiger partial charge < -0.3 is 0 Å². The normalized spacial score (nSPS) is 83.0. The van der Waals surface area contributed by atoms with Gasteiger partial charge in [-0.15, -0.1) is 0 Å². The maximum atomic E-state index is 2.60. The molecule has 0 aromatic carbocycles. The minimum Gasteiger partial charge on any atom is -0.0365 e. The predicted molar refractivity (Wildman–Crippen MR) is 43.7 cm³/mol. The maximum Gasteiger partial charge on any atom is 0.106 e. The summed E-state index contributed by atoms with van der Waals surface area (Å²) in [5.74, 6) is 0. The Balaban J connectivity index is 2.37. The molecular weight excluding hydrogens is 254 g/mol. The number of hydrogen-bond acceptors (Lipinski definition) is 2. The van der Waals surface area contributed by atoms with Gasteiger partial charge in [0.15, 0.2) is 0 Å². The quantitative estimate of drug-likeness (QED) is 0.280. The van der Waals surface area contributed by atoms with Crippen molar-refractivity contribution < 1.29 is 0 Å². The third-order valence-electron chi connectivity index (χ3n) is 0.444. The molecule has 0 unspecified atom stereocenters. The molecule has 0 aromatic rings. The molecule has 2 rings (SSSR count). The Morgan fingerprint density at radius 1 is 1.60 bits per heavy atom. The summed E-state index contributed by atoms with van der Waals surface area (Å²) in [5.41, 5.74) is 0.618. The van der Waals surface area contributed by atoms with Crippen LogP contribution in [0.15, 0.2) is 0 Å². The van der Waals surface area contributed by atoms with Gasteiger partial charge in [0.2, 0.25) is 0 Å². The average molecular weight is 254 g/mol. The molecule has 2 fully saturated rings. The zero-order valence-corrected chi connectivity index (χ0v) is 7.55. The standard InChI is InChI=1S/IPS3/c1-5-2(3-5)4-5. The molecule has 2 aliphatic heterocycles. The Bertz CT molecular complexity index is 75.0. The van der Waals surface area contributed by atoms with Crippen molar-refractivity contribution in [1.29, 1.82) is 0 Å². The fourth-order valence-electron chi connectivity index (χ4n) is 0.128. The van der Waals surface area contributed by atoms with Crippen LogP contribution in [0.5, 0.6) is 0 Å². The second kappa shape index (κ2) is 0.966. The van der Waals surface area contributed by atoms with E-state index in [0.717, 1.165) is 0 Å². The van der Waals surface area contributed by atoms with E-state index in [0.29, 0.717) is 5.53 Å². The Morgan fingerprint density at radius 3 is 1.80 bits per heavy atom. The van der Waals surface area contributed by atoms with Crippen LogP contribution in [-0.2, 0) is 0 Å². The van der Waals surface area contributed by atoms with E-state index in [1.807, 2.05) is 0 Å². The highest BCUT2D eigenvalue weighted by Gasteiger charge is 2.69. The second-order valence-corrected chi connectivity index (χ2v) is 27.7. The summed E-state index contributed by atoms with van der Waals surface area (Å²) < 4.78 is 0. The Morgan fingerprint density at radius 2 is 1.80 bits per heavy atom. The number of halogens is 1. The summed E-state index contributed by atoms with van der Waals surface area (Å²) in [4.78, 5) is 0.118. The molecule has 0 atom stereocenters. The van der Waals surface area contributed by atoms with Crippen LogP contribution in [0.2, 0.25) is 0 Å². The Kier molecular flexibility index (Phi) is 0.797. The summed E-state index contributed by atoms with van der Waals surface area (Å²) in [6.07, 6.45) is 0. The molecule has 0 amide bonds. The van der Waals surface area contributed by atoms with Crippen molar-refractivity contribution >= 4 is 52.4 Å². The highest BCUT2D eigenvalue weighted by molar-refractivity contribution is 14.2. The number of fused-ring (bicyclic) bond motifs is 1. The zero-order valence-electron chi connectivity index (χ0n) is 2.05. The van der Waals surface area contributed by atoms with E-state index in [9.17, 15) is 0 Å². The summed E-state index contributed by atoms with van der Waals surface area (Å²) in [7, 11) is 4.44. The maximum absolute atomic E-state index is 2.60. The summed E-state index contributed by atoms with van der Waals surface area (Å²) in [6.45, 7) is 0. The van der Waals surface area contributed by atoms with Crippen LogP contribution in [0, 0.1) is 0 Å². The zero-order chi connectivity index (χ0) is 3.49. The van der Waals surface area contributed by atoms with E-state index in [-0.39, 0.29) is 4.88 Å². The predicted octanol–water partition coefficient (Wildman–Crippen LogP) is 3.69. The molecule has 0 N–H and O–H groups in total. The van der Waals surface area contributed by atoms with Gasteiger partial charge in [-0.25, -0.2) is 0 Å². The van der Waals surface area contributed by atoms with Gasteiger partial charge in [-0.2, -0.15) is 0 Å². The topological polar surface area (TPSA) is 0 Å². The molecule has 0 aromatic heterocycles. The fourth-order valence-corrected chi connectivity index (χ4v) is 40.1. The van der Waals surface area contributed by atoms with Gasteiger partial charge in [0.25, 0.3) is 0 Å². The third kappa shape index (κ3) is 0.545. The van der Waals surface area contributed by atoms with Crippen molar-refractivity contribution in [3.63, 3.8) is 0 Å². The first kappa shape index (κ1) is 4.13. The largest absolute Gasteiger partial charge is 0.106 e. The van der Waals surface area contributed by atoms with Crippen molar-refractivity contribution in [2.75, 3.05) is 0 Å². The molecule has 30 valence electrons. The summed E-state index contributed by atoms with van der Waals surface area (Å²) >= 11 is 2.60. The van der Waals surface area contributed by atoms with E-state index >= 15 is 0 Å². The van der Waals surface area contributed by atoms with Crippen molar-refractivity contribution in [2.24, 2.45) is 0 Å². The molecular formula is IPS3. The van der Waals surface area contributed by atoms with Gasteiger partial charge >= 0.3 is 0 Å². The Hall–Kier alpha value is 2.21. The third-order valence-corrected chi connectivity index (χ3v) is 39.2. The molecule has 2 aliphatic rings. The lowest BCUT2D eigenvalue weighted by molar-refractivity contribution is 5.79. The average Bonchev–Trinajstić information content (AvgIpc) is 1.74. The first-order chi connectivity index (χ1) is 2.31. The lowest BCUT2D eigenvalue weighted by Gasteiger charge is -1.78. The van der Waals surface area contributed by atoms with Crippen molar-refractivity contribution in [2.45, 2.75) is 0 Å². The van der Waals surface area contributed by atoms with Gasteiger partial charge in [-0.05, 0) is 25.7 Å². The van der Waals surface area contributed by atoms with Gasteiger partial charge in [0.05, 0.1) is 0 Å². The van der Waals surface area contributed by atoms with Crippen LogP contribution in [0.4, 0.5) is 0 Å². The van der Waals surface area contributed by atoms with E-state index in [4.69, 9.17) is 0 Å². The van der Waals surface area contributed by atoms with Crippen LogP contribution in [0.1, 0.15) is 0 Å². The Labute approximate surface area is 51.9 Å². The smallest absolute Gasteiger partial charge is 0.0365 e. The van der Waals surface area contributed by atoms with Crippen LogP contribution < -0.4 is 0 Å². The fraction of sp³-hybridized carbons (Fsp3) is 0. The van der Waals surface area contributed by atoms with E-state index in [2.05, 4.69) is 42.0 Å². The molecule has 5 heavy (non-hydrogen) atoms. The highest BCUT2D eigenvalue weighted by atomic mass is 127. The monoisotopic (exact) mass is 254 g/mol. The molecule has 0 saturated carbocycles. The molecule has 0 spiro atoms. The molecule has 2 saturated heterocycles. The molecule has 0 radical (unpaired) electrons. The van der Waals surface area contributed by atoms with Gasteiger partial charge in [0.1, 0.15) is 5.53 Å². The number of rotatable bonds is 0. The first-order valence-electron chi connectivity index (χ1n) is 1.04. The van der Waals surface area contributed by atoms with Crippen molar-refractivity contribution in [3.8, 4) is 0 Å². The van der Waals surface area contributed by atoms with E-state index in [1.165, 1.54) is 0 Å². The van der Waals surface area contributed by atoms with Crippen molar-refractivity contribution in [3.05, 3.63) is 0 Å². The van der Waals surface area contributed by atoms with E-state index in [1.54, 1.807) is 0 Å². The van der Waals surface area contributed by atoms with Gasteiger partial charge in [0, 0.05) is 21.2 Å². The summed E-state index contributed by atoms with van der Waals surface area (Å²) in [6, 6.07) is 0. The van der Waals surface area contributed by atoms with Crippen LogP contribution >= 0.6 is 52.4 Å². The minimum atomic E-state index is 0.118. The number of hydrogen-bond donors (Lipinski definition) is 0. The summed E-state index contributed by atoms with van der Waals surface area (Å²) in [5, 5.41) is 0. The highest BCUT2D eigenvalue weighted by Crippen LogP contribution is 3.41. The van der Waals surface area contributed by atoms with Crippen LogP contribution in [0.25, 0.3) is 0 Å². The van der Waals surface area contributed by atoms with Crippen LogP contribution in [-0.4, -0.2) is 0 Å². The van der Waals surface area contributed by atoms with Crippen LogP contribution in [0.3, 0.4) is 0 Å². The lowest BCUT2D eigenvalue weighted by Crippen LogP contribution is -1.07. The molecule has 0 nitrogen and oxygen atoms in total.